The van der Waals surface area contributed by atoms with Gasteiger partial charge in [-0.25, -0.2) is 0 Å². The van der Waals surface area contributed by atoms with E-state index in [1.54, 1.807) is 0 Å². The lowest BCUT2D eigenvalue weighted by molar-refractivity contribution is 0.217. The summed E-state index contributed by atoms with van der Waals surface area (Å²) in [7, 11) is 0. The van der Waals surface area contributed by atoms with Crippen LogP contribution >= 0.6 is 0 Å². The molecule has 2 rings (SSSR count). The molecule has 0 fully saturated rings. The Hall–Kier alpha value is -2.00. The zero-order chi connectivity index (χ0) is 14.2. The Kier molecular flexibility index (Phi) is 5.44. The molecule has 2 N–H and O–H groups in total. The molecule has 2 aromatic rings. The van der Waals surface area contributed by atoms with Gasteiger partial charge in [0.1, 0.15) is 24.7 Å². The third-order valence-corrected chi connectivity index (χ3v) is 3.00. The number of aryl methyl sites for hydroxylation is 1. The van der Waals surface area contributed by atoms with E-state index in [4.69, 9.17) is 15.2 Å². The summed E-state index contributed by atoms with van der Waals surface area (Å²) >= 11 is 0. The van der Waals surface area contributed by atoms with Gasteiger partial charge in [-0.3, -0.25) is 0 Å². The fraction of sp³-hybridized carbons (Fsp3) is 0.294. The third kappa shape index (κ3) is 4.59. The summed E-state index contributed by atoms with van der Waals surface area (Å²) in [5.41, 5.74) is 7.97. The molecule has 106 valence electrons. The van der Waals surface area contributed by atoms with Crippen LogP contribution in [0.4, 0.5) is 0 Å². The van der Waals surface area contributed by atoms with Crippen LogP contribution in [0, 0.1) is 6.92 Å². The molecule has 0 heterocycles. The fourth-order valence-corrected chi connectivity index (χ4v) is 1.87. The van der Waals surface area contributed by atoms with E-state index in [1.165, 1.54) is 11.1 Å². The summed E-state index contributed by atoms with van der Waals surface area (Å²) < 4.78 is 11.2. The van der Waals surface area contributed by atoms with Crippen LogP contribution in [0.15, 0.2) is 48.5 Å². The molecule has 20 heavy (non-hydrogen) atoms. The minimum Gasteiger partial charge on any atom is -0.490 e. The van der Waals surface area contributed by atoms with Crippen LogP contribution in [0.5, 0.6) is 11.5 Å². The van der Waals surface area contributed by atoms with E-state index in [-0.39, 0.29) is 0 Å². The Bertz CT molecular complexity index is 506. The molecule has 2 aromatic carbocycles. The Morgan fingerprint density at radius 3 is 1.80 bits per heavy atom. The standard InChI is InChI=1S/C17H21NO2/c1-14-2-6-16(7-3-14)19-12-13-20-17-8-4-15(5-9-17)10-11-18/h2-9H,10-13,18H2,1H3. The lowest BCUT2D eigenvalue weighted by Crippen LogP contribution is -2.09. The van der Waals surface area contributed by atoms with Gasteiger partial charge < -0.3 is 15.2 Å². The maximum absolute atomic E-state index is 5.63. The van der Waals surface area contributed by atoms with Gasteiger partial charge in [0, 0.05) is 0 Å². The molecule has 0 bridgehead atoms. The van der Waals surface area contributed by atoms with E-state index in [9.17, 15) is 0 Å². The molecule has 0 aromatic heterocycles. The number of hydrogen-bond donors (Lipinski definition) is 1. The Labute approximate surface area is 120 Å². The van der Waals surface area contributed by atoms with Gasteiger partial charge in [-0.2, -0.15) is 0 Å². The molecule has 0 aliphatic heterocycles. The van der Waals surface area contributed by atoms with Gasteiger partial charge >= 0.3 is 0 Å². The van der Waals surface area contributed by atoms with Crippen LogP contribution in [-0.4, -0.2) is 19.8 Å². The van der Waals surface area contributed by atoms with Crippen LogP contribution in [0.1, 0.15) is 11.1 Å². The summed E-state index contributed by atoms with van der Waals surface area (Å²) in [5, 5.41) is 0. The summed E-state index contributed by atoms with van der Waals surface area (Å²) in [4.78, 5) is 0. The monoisotopic (exact) mass is 271 g/mol. The van der Waals surface area contributed by atoms with Crippen molar-refractivity contribution in [2.75, 3.05) is 19.8 Å². The topological polar surface area (TPSA) is 44.5 Å². The molecule has 0 spiro atoms. The average Bonchev–Trinajstić information content (AvgIpc) is 2.47. The zero-order valence-corrected chi connectivity index (χ0v) is 11.8. The van der Waals surface area contributed by atoms with Crippen molar-refractivity contribution < 1.29 is 9.47 Å². The smallest absolute Gasteiger partial charge is 0.122 e. The number of ether oxygens (including phenoxy) is 2. The molecule has 0 amide bonds. The normalized spacial score (nSPS) is 10.3. The predicted octanol–water partition coefficient (Wildman–Crippen LogP) is 2.95. The first-order chi connectivity index (χ1) is 9.78. The van der Waals surface area contributed by atoms with Crippen LogP contribution < -0.4 is 15.2 Å². The summed E-state index contributed by atoms with van der Waals surface area (Å²) in [6, 6.07) is 16.0. The second-order valence-corrected chi connectivity index (χ2v) is 4.69. The minimum atomic E-state index is 0.532. The van der Waals surface area contributed by atoms with Crippen molar-refractivity contribution in [1.29, 1.82) is 0 Å². The first-order valence-corrected chi connectivity index (χ1v) is 6.89. The summed E-state index contributed by atoms with van der Waals surface area (Å²) in [6.45, 7) is 3.80. The lowest BCUT2D eigenvalue weighted by Gasteiger charge is -2.09. The van der Waals surface area contributed by atoms with Gasteiger partial charge in [-0.15, -0.1) is 0 Å². The third-order valence-electron chi connectivity index (χ3n) is 3.00. The van der Waals surface area contributed by atoms with Gasteiger partial charge in [0.25, 0.3) is 0 Å². The summed E-state index contributed by atoms with van der Waals surface area (Å²) in [6.07, 6.45) is 0.900. The van der Waals surface area contributed by atoms with Crippen molar-refractivity contribution in [2.24, 2.45) is 5.73 Å². The van der Waals surface area contributed by atoms with Gasteiger partial charge in [0.05, 0.1) is 0 Å². The van der Waals surface area contributed by atoms with Crippen molar-refractivity contribution in [3.05, 3.63) is 59.7 Å². The highest BCUT2D eigenvalue weighted by Crippen LogP contribution is 2.13. The van der Waals surface area contributed by atoms with Gasteiger partial charge in [0.2, 0.25) is 0 Å². The fourth-order valence-electron chi connectivity index (χ4n) is 1.87. The van der Waals surface area contributed by atoms with Crippen molar-refractivity contribution in [1.82, 2.24) is 0 Å². The van der Waals surface area contributed by atoms with Crippen LogP contribution in [0.3, 0.4) is 0 Å². The summed E-state index contributed by atoms with van der Waals surface area (Å²) in [5.74, 6) is 1.73. The second-order valence-electron chi connectivity index (χ2n) is 4.69. The number of benzene rings is 2. The molecule has 0 saturated carbocycles. The van der Waals surface area contributed by atoms with E-state index < -0.39 is 0 Å². The highest BCUT2D eigenvalue weighted by atomic mass is 16.5. The van der Waals surface area contributed by atoms with Crippen LogP contribution in [0.2, 0.25) is 0 Å². The molecule has 0 aliphatic carbocycles. The lowest BCUT2D eigenvalue weighted by atomic mass is 10.1. The van der Waals surface area contributed by atoms with E-state index in [2.05, 4.69) is 6.92 Å². The molecule has 0 atom stereocenters. The first-order valence-electron chi connectivity index (χ1n) is 6.89. The predicted molar refractivity (Wildman–Crippen MR) is 81.4 cm³/mol. The van der Waals surface area contributed by atoms with Crippen LogP contribution in [0.25, 0.3) is 0 Å². The minimum absolute atomic E-state index is 0.532. The number of hydrogen-bond acceptors (Lipinski definition) is 3. The number of nitrogens with two attached hydrogens (primary N) is 1. The number of rotatable bonds is 7. The van der Waals surface area contributed by atoms with Crippen molar-refractivity contribution in [3.63, 3.8) is 0 Å². The highest BCUT2D eigenvalue weighted by molar-refractivity contribution is 5.28. The van der Waals surface area contributed by atoms with E-state index in [1.807, 2.05) is 48.5 Å². The largest absolute Gasteiger partial charge is 0.490 e. The van der Waals surface area contributed by atoms with Gasteiger partial charge in [-0.05, 0) is 49.7 Å². The van der Waals surface area contributed by atoms with E-state index >= 15 is 0 Å². The molecular weight excluding hydrogens is 250 g/mol. The molecule has 3 nitrogen and oxygen atoms in total. The maximum Gasteiger partial charge on any atom is 0.122 e. The molecule has 0 radical (unpaired) electrons. The Morgan fingerprint density at radius 1 is 0.800 bits per heavy atom. The molecule has 0 aliphatic rings. The zero-order valence-electron chi connectivity index (χ0n) is 11.8. The SMILES string of the molecule is Cc1ccc(OCCOc2ccc(CCN)cc2)cc1. The van der Waals surface area contributed by atoms with Crippen molar-refractivity contribution in [2.45, 2.75) is 13.3 Å². The first kappa shape index (κ1) is 14.4. The van der Waals surface area contributed by atoms with Crippen molar-refractivity contribution in [3.8, 4) is 11.5 Å². The Morgan fingerprint density at radius 2 is 1.30 bits per heavy atom. The molecule has 3 heteroatoms. The van der Waals surface area contributed by atoms with Crippen molar-refractivity contribution >= 4 is 0 Å². The van der Waals surface area contributed by atoms with Gasteiger partial charge in [0.15, 0.2) is 0 Å². The van der Waals surface area contributed by atoms with E-state index in [0.29, 0.717) is 19.8 Å². The average molecular weight is 271 g/mol. The highest BCUT2D eigenvalue weighted by Gasteiger charge is 1.97. The van der Waals surface area contributed by atoms with Crippen LogP contribution in [-0.2, 0) is 6.42 Å². The Balaban J connectivity index is 1.71. The molecule has 0 unspecified atom stereocenters. The maximum atomic E-state index is 5.63. The van der Waals surface area contributed by atoms with Gasteiger partial charge in [-0.1, -0.05) is 29.8 Å². The van der Waals surface area contributed by atoms with E-state index in [0.717, 1.165) is 17.9 Å². The quantitative estimate of drug-likeness (QED) is 0.787. The molecular formula is C17H21NO2. The molecule has 0 saturated heterocycles. The second kappa shape index (κ2) is 7.56.